The number of hydrogen-bond acceptors (Lipinski definition) is 12. The van der Waals surface area contributed by atoms with E-state index in [2.05, 4.69) is 89.4 Å². The van der Waals surface area contributed by atoms with Gasteiger partial charge in [0.25, 0.3) is 0 Å². The molecule has 3 aliphatic heterocycles. The molecule has 406 valence electrons. The fourth-order valence-corrected chi connectivity index (χ4v) is 11.2. The van der Waals surface area contributed by atoms with Gasteiger partial charge in [-0.05, 0) is 162 Å². The molecule has 4 aromatic heterocycles. The average molecular weight is 1130 g/mol. The number of piperidine rings is 2. The Morgan fingerprint density at radius 1 is 0.500 bits per heavy atom. The van der Waals surface area contributed by atoms with Crippen LogP contribution in [0, 0.1) is 0 Å². The second-order valence-corrected chi connectivity index (χ2v) is 22.3. The third-order valence-corrected chi connectivity index (χ3v) is 16.6. The number of rotatable bonds is 8. The number of nitrogens with zero attached hydrogens (tertiary/aromatic N) is 8. The van der Waals surface area contributed by atoms with Gasteiger partial charge in [0.1, 0.15) is 0 Å². The second kappa shape index (κ2) is 23.0. The van der Waals surface area contributed by atoms with Gasteiger partial charge in [0.15, 0.2) is 11.3 Å². The summed E-state index contributed by atoms with van der Waals surface area (Å²) in [5.74, 6) is -0.691. The Kier molecular flexibility index (Phi) is 15.6. The van der Waals surface area contributed by atoms with Gasteiger partial charge in [-0.1, -0.05) is 84.9 Å². The van der Waals surface area contributed by atoms with Crippen molar-refractivity contribution in [2.75, 3.05) is 50.2 Å². The van der Waals surface area contributed by atoms with Gasteiger partial charge in [0, 0.05) is 79.0 Å². The molecule has 3 aliphatic rings. The van der Waals surface area contributed by atoms with E-state index in [0.29, 0.717) is 11.1 Å². The maximum absolute atomic E-state index is 12.3. The zero-order valence-electron chi connectivity index (χ0n) is 46.1. The molecule has 10 aromatic rings. The molecule has 7 heterocycles. The number of carbonyl (C=O) groups is 2. The van der Waals surface area contributed by atoms with Crippen molar-refractivity contribution >= 4 is 84.7 Å². The fraction of sp³-hybridized carbons (Fsp3) is 0.281. The second-order valence-electron chi connectivity index (χ2n) is 21.5. The predicted molar refractivity (Wildman–Crippen MR) is 322 cm³/mol. The zero-order chi connectivity index (χ0) is 55.5. The Morgan fingerprint density at radius 3 is 1.48 bits per heavy atom. The number of halogens is 1. The molecule has 0 atom stereocenters. The van der Waals surface area contributed by atoms with Gasteiger partial charge < -0.3 is 28.6 Å². The number of esters is 2. The first-order valence-corrected chi connectivity index (χ1v) is 28.2. The highest BCUT2D eigenvalue weighted by Crippen LogP contribution is 2.38. The normalized spacial score (nSPS) is 15.8. The maximum Gasteiger partial charge on any atom is 0.495 e. The molecule has 3 fully saturated rings. The summed E-state index contributed by atoms with van der Waals surface area (Å²) in [4.78, 5) is 38.4. The number of ether oxygens (including phenoxy) is 2. The number of fused-ring (bicyclic) bond motifs is 4. The lowest BCUT2D eigenvalue weighted by Gasteiger charge is -2.32. The Balaban J connectivity index is 0.000000132. The Hall–Kier alpha value is -7.92. The minimum absolute atomic E-state index is 0.346. The van der Waals surface area contributed by atoms with Crippen molar-refractivity contribution < 1.29 is 28.4 Å². The summed E-state index contributed by atoms with van der Waals surface area (Å²) >= 11 is 3.45. The Bertz CT molecular complexity index is 3850. The monoisotopic (exact) mass is 1130 g/mol. The summed E-state index contributed by atoms with van der Waals surface area (Å²) in [5.41, 5.74) is 11.7. The molecule has 0 aliphatic carbocycles. The van der Waals surface area contributed by atoms with Crippen molar-refractivity contribution in [3.63, 3.8) is 0 Å². The third kappa shape index (κ3) is 10.9. The molecule has 0 spiro atoms. The van der Waals surface area contributed by atoms with Crippen LogP contribution in [0.5, 0.6) is 0 Å². The van der Waals surface area contributed by atoms with E-state index in [4.69, 9.17) is 23.8 Å². The largest absolute Gasteiger partial charge is 0.495 e. The van der Waals surface area contributed by atoms with E-state index >= 15 is 0 Å². The van der Waals surface area contributed by atoms with Crippen LogP contribution < -0.4 is 15.3 Å². The van der Waals surface area contributed by atoms with Gasteiger partial charge in [-0.15, -0.1) is 0 Å². The van der Waals surface area contributed by atoms with Crippen molar-refractivity contribution in [2.24, 2.45) is 0 Å². The van der Waals surface area contributed by atoms with Gasteiger partial charge in [0.2, 0.25) is 0 Å². The van der Waals surface area contributed by atoms with E-state index in [9.17, 15) is 9.59 Å². The molecule has 13 rings (SSSR count). The van der Waals surface area contributed by atoms with E-state index in [1.807, 2.05) is 130 Å². The molecule has 3 saturated heterocycles. The van der Waals surface area contributed by atoms with Crippen LogP contribution in [0.15, 0.2) is 163 Å². The predicted octanol–water partition coefficient (Wildman–Crippen LogP) is 13.1. The van der Waals surface area contributed by atoms with Crippen molar-refractivity contribution in [2.45, 2.75) is 77.4 Å². The first-order valence-electron chi connectivity index (χ1n) is 27.4. The van der Waals surface area contributed by atoms with E-state index in [1.165, 1.54) is 82.8 Å². The lowest BCUT2D eigenvalue weighted by atomic mass is 9.75. The van der Waals surface area contributed by atoms with Gasteiger partial charge in [-0.2, -0.15) is 10.2 Å². The topological polar surface area (TPSA) is 138 Å². The van der Waals surface area contributed by atoms with Crippen LogP contribution in [0.25, 0.3) is 66.2 Å². The van der Waals surface area contributed by atoms with Crippen LogP contribution in [0.3, 0.4) is 0 Å². The summed E-state index contributed by atoms with van der Waals surface area (Å²) < 4.78 is 26.7. The van der Waals surface area contributed by atoms with Gasteiger partial charge in [-0.3, -0.25) is 0 Å². The lowest BCUT2D eigenvalue weighted by molar-refractivity contribution is 0.00578. The zero-order valence-corrected chi connectivity index (χ0v) is 47.7. The molecule has 0 bridgehead atoms. The molecule has 0 unspecified atom stereocenters. The van der Waals surface area contributed by atoms with Crippen molar-refractivity contribution in [3.05, 3.63) is 174 Å². The molecule has 0 N–H and O–H groups in total. The van der Waals surface area contributed by atoms with E-state index in [-0.39, 0.29) is 11.9 Å². The number of methoxy groups -OCH3 is 2. The minimum Gasteiger partial charge on any atom is -0.465 e. The highest BCUT2D eigenvalue weighted by Gasteiger charge is 2.52. The van der Waals surface area contributed by atoms with Crippen LogP contribution in [0.2, 0.25) is 0 Å². The fourth-order valence-electron chi connectivity index (χ4n) is 10.9. The molecular formula is C64H64BBrN8O6. The molecule has 6 aromatic carbocycles. The van der Waals surface area contributed by atoms with Crippen LogP contribution in [-0.4, -0.2) is 99.9 Å². The number of aromatic nitrogens is 6. The molecule has 0 radical (unpaired) electrons. The van der Waals surface area contributed by atoms with Crippen molar-refractivity contribution in [3.8, 4) is 33.4 Å². The summed E-state index contributed by atoms with van der Waals surface area (Å²) in [5, 5.41) is 12.5. The number of carbonyl (C=O) groups excluding carboxylic acids is 2. The molecule has 16 heteroatoms. The van der Waals surface area contributed by atoms with Crippen molar-refractivity contribution in [1.82, 2.24) is 29.2 Å². The first kappa shape index (κ1) is 54.1. The van der Waals surface area contributed by atoms with E-state index < -0.39 is 18.3 Å². The summed E-state index contributed by atoms with van der Waals surface area (Å²) in [6.07, 6.45) is 19.3. The summed E-state index contributed by atoms with van der Waals surface area (Å²) in [6, 6.07) is 40.5. The maximum atomic E-state index is 12.3. The molecule has 80 heavy (non-hydrogen) atoms. The summed E-state index contributed by atoms with van der Waals surface area (Å²) in [6.45, 7) is 12.7. The van der Waals surface area contributed by atoms with Gasteiger partial charge in [0.05, 0.1) is 53.4 Å². The van der Waals surface area contributed by atoms with Crippen LogP contribution >= 0.6 is 15.9 Å². The Labute approximate surface area is 474 Å². The van der Waals surface area contributed by atoms with E-state index in [1.54, 1.807) is 16.8 Å². The molecule has 0 saturated carbocycles. The SMILES string of the molecule is Brc1cnn2cc(-c3ccc(N4CCCCC4)cc3)cnc12.COC(=O)c1ccc(-c2cnn3cc(-c4ccc(N5CCCCC5)cc4)cnc23)c2ccccc12.COC(=O)c1ccc(B2OC(C)(C)C(C)(C)O2)c2ccccc12. The number of anilines is 2. The highest BCUT2D eigenvalue weighted by atomic mass is 79.9. The summed E-state index contributed by atoms with van der Waals surface area (Å²) in [7, 11) is 2.33. The minimum atomic E-state index is -0.461. The van der Waals surface area contributed by atoms with Gasteiger partial charge in [-0.25, -0.2) is 28.6 Å². The van der Waals surface area contributed by atoms with Crippen LogP contribution in [0.4, 0.5) is 11.4 Å². The van der Waals surface area contributed by atoms with Crippen molar-refractivity contribution in [1.29, 1.82) is 0 Å². The Morgan fingerprint density at radius 2 is 0.950 bits per heavy atom. The molecular weight excluding hydrogens is 1070 g/mol. The smallest absolute Gasteiger partial charge is 0.465 e. The number of hydrogen-bond donors (Lipinski definition) is 0. The average Bonchev–Trinajstić information content (AvgIpc) is 4.36. The highest BCUT2D eigenvalue weighted by molar-refractivity contribution is 9.10. The van der Waals surface area contributed by atoms with Crippen LogP contribution in [0.1, 0.15) is 86.9 Å². The molecule has 14 nitrogen and oxygen atoms in total. The number of benzene rings is 6. The molecule has 0 amide bonds. The standard InChI is InChI=1S/C29H26N4O2.C18H21BO4.C17H17BrN4/c1-35-29(34)26-14-13-25(23-7-3-4-8-24(23)26)27-18-31-33-19-21(17-30-28(27)33)20-9-11-22(12-10-20)32-15-5-2-6-16-32;1-17(2)18(3,4)23-19(22-17)15-11-10-14(16(20)21-5)12-8-6-7-9-13(12)15;18-16-11-20-22-12-14(10-19-17(16)22)13-4-6-15(7-5-13)21-8-2-1-3-9-21/h3-4,7-14,17-19H,2,5-6,15-16H2,1H3;6-11H,1-5H3;4-7,10-12H,1-3,8-9H2. The quantitative estimate of drug-likeness (QED) is 0.106. The van der Waals surface area contributed by atoms with Crippen LogP contribution in [-0.2, 0) is 18.8 Å². The third-order valence-electron chi connectivity index (χ3n) is 16.0. The van der Waals surface area contributed by atoms with E-state index in [0.717, 1.165) is 83.7 Å². The van der Waals surface area contributed by atoms with Gasteiger partial charge >= 0.3 is 19.1 Å². The first-order chi connectivity index (χ1) is 38.8. The lowest BCUT2D eigenvalue weighted by Crippen LogP contribution is -2.41.